The highest BCUT2D eigenvalue weighted by Gasteiger charge is 2.27. The van der Waals surface area contributed by atoms with Crippen molar-refractivity contribution in [2.24, 2.45) is 5.92 Å². The maximum Gasteiger partial charge on any atom is 0.243 e. The maximum absolute atomic E-state index is 12.8. The number of thiazole rings is 1. The number of nitrogens with one attached hydrogen (secondary N) is 1. The Balaban J connectivity index is 1.68. The fourth-order valence-electron chi connectivity index (χ4n) is 3.15. The number of hydrogen-bond acceptors (Lipinski definition) is 5. The van der Waals surface area contributed by atoms with Crippen LogP contribution in [0.25, 0.3) is 11.3 Å². The molecule has 0 aliphatic carbocycles. The molecular weight excluding hydrogens is 394 g/mol. The molecule has 8 heteroatoms. The van der Waals surface area contributed by atoms with Crippen LogP contribution in [0.5, 0.6) is 0 Å². The Hall–Kier alpha value is -1.77. The third-order valence-electron chi connectivity index (χ3n) is 5.04. The molecule has 1 aliphatic heterocycles. The number of amides is 1. The molecule has 3 rings (SSSR count). The average molecular weight is 422 g/mol. The van der Waals surface area contributed by atoms with E-state index in [9.17, 15) is 13.2 Å². The maximum atomic E-state index is 12.8. The van der Waals surface area contributed by atoms with Gasteiger partial charge in [0, 0.05) is 30.5 Å². The van der Waals surface area contributed by atoms with E-state index in [4.69, 9.17) is 0 Å². The van der Waals surface area contributed by atoms with E-state index in [1.165, 1.54) is 11.3 Å². The number of carbonyl (C=O) groups is 1. The molecule has 1 N–H and O–H groups in total. The SMILES string of the molecule is CCCCC(=O)Nc1nc(-c2ccc(S(=O)(=O)N3CCC(C)CC3)cc2)cs1. The smallest absolute Gasteiger partial charge is 0.243 e. The summed E-state index contributed by atoms with van der Waals surface area (Å²) in [6, 6.07) is 6.83. The van der Waals surface area contributed by atoms with Gasteiger partial charge in [0.1, 0.15) is 0 Å². The predicted molar refractivity (Wildman–Crippen MR) is 113 cm³/mol. The molecule has 152 valence electrons. The number of rotatable bonds is 7. The molecule has 0 radical (unpaired) electrons. The molecule has 1 saturated heterocycles. The third kappa shape index (κ3) is 4.98. The van der Waals surface area contributed by atoms with Crippen molar-refractivity contribution in [1.82, 2.24) is 9.29 Å². The van der Waals surface area contributed by atoms with E-state index in [1.807, 2.05) is 12.3 Å². The van der Waals surface area contributed by atoms with Gasteiger partial charge >= 0.3 is 0 Å². The van der Waals surface area contributed by atoms with Crippen molar-refractivity contribution in [1.29, 1.82) is 0 Å². The van der Waals surface area contributed by atoms with Gasteiger partial charge in [-0.3, -0.25) is 4.79 Å². The van der Waals surface area contributed by atoms with Crippen molar-refractivity contribution in [3.8, 4) is 11.3 Å². The zero-order valence-electron chi connectivity index (χ0n) is 16.3. The lowest BCUT2D eigenvalue weighted by Gasteiger charge is -2.29. The Morgan fingerprint density at radius 1 is 1.25 bits per heavy atom. The molecule has 6 nitrogen and oxygen atoms in total. The molecule has 2 heterocycles. The third-order valence-corrected chi connectivity index (χ3v) is 7.71. The number of hydrogen-bond donors (Lipinski definition) is 1. The number of nitrogens with zero attached hydrogens (tertiary/aromatic N) is 2. The monoisotopic (exact) mass is 421 g/mol. The van der Waals surface area contributed by atoms with Crippen LogP contribution in [-0.4, -0.2) is 36.7 Å². The van der Waals surface area contributed by atoms with Gasteiger partial charge in [-0.25, -0.2) is 13.4 Å². The number of piperidine rings is 1. The Morgan fingerprint density at radius 2 is 1.93 bits per heavy atom. The summed E-state index contributed by atoms with van der Waals surface area (Å²) in [4.78, 5) is 16.6. The summed E-state index contributed by atoms with van der Waals surface area (Å²) in [6.07, 6.45) is 4.14. The first-order valence-corrected chi connectivity index (χ1v) is 12.1. The van der Waals surface area contributed by atoms with Crippen LogP contribution in [0.2, 0.25) is 0 Å². The zero-order chi connectivity index (χ0) is 20.1. The molecule has 0 spiro atoms. The lowest BCUT2D eigenvalue weighted by Crippen LogP contribution is -2.37. The highest BCUT2D eigenvalue weighted by molar-refractivity contribution is 7.89. The first kappa shape index (κ1) is 21.0. The van der Waals surface area contributed by atoms with Crippen LogP contribution < -0.4 is 5.32 Å². The Bertz CT molecular complexity index is 899. The zero-order valence-corrected chi connectivity index (χ0v) is 18.0. The van der Waals surface area contributed by atoms with Crippen LogP contribution in [0.1, 0.15) is 46.0 Å². The van der Waals surface area contributed by atoms with Crippen LogP contribution in [0.3, 0.4) is 0 Å². The van der Waals surface area contributed by atoms with Crippen molar-refractivity contribution in [2.75, 3.05) is 18.4 Å². The number of carbonyl (C=O) groups excluding carboxylic acids is 1. The Morgan fingerprint density at radius 3 is 2.57 bits per heavy atom. The van der Waals surface area contributed by atoms with E-state index < -0.39 is 10.0 Å². The first-order chi connectivity index (χ1) is 13.4. The van der Waals surface area contributed by atoms with Gasteiger partial charge in [0.25, 0.3) is 0 Å². The summed E-state index contributed by atoms with van der Waals surface area (Å²) >= 11 is 1.37. The van der Waals surface area contributed by atoms with Crippen LogP contribution >= 0.6 is 11.3 Å². The van der Waals surface area contributed by atoms with Crippen molar-refractivity contribution >= 4 is 32.4 Å². The molecule has 1 amide bonds. The van der Waals surface area contributed by atoms with Crippen molar-refractivity contribution in [2.45, 2.75) is 50.8 Å². The molecule has 1 aromatic heterocycles. The van der Waals surface area contributed by atoms with Gasteiger partial charge in [0.15, 0.2) is 5.13 Å². The fraction of sp³-hybridized carbons (Fsp3) is 0.500. The second kappa shape index (κ2) is 9.15. The van der Waals surface area contributed by atoms with Crippen LogP contribution in [0.4, 0.5) is 5.13 Å². The molecule has 1 fully saturated rings. The summed E-state index contributed by atoms with van der Waals surface area (Å²) in [7, 11) is -3.45. The summed E-state index contributed by atoms with van der Waals surface area (Å²) in [5.74, 6) is 0.551. The quantitative estimate of drug-likeness (QED) is 0.720. The number of benzene rings is 1. The first-order valence-electron chi connectivity index (χ1n) is 9.76. The van der Waals surface area contributed by atoms with Crippen LogP contribution in [-0.2, 0) is 14.8 Å². The summed E-state index contributed by atoms with van der Waals surface area (Å²) in [5.41, 5.74) is 1.56. The minimum absolute atomic E-state index is 0.0277. The summed E-state index contributed by atoms with van der Waals surface area (Å²) < 4.78 is 27.2. The predicted octanol–water partition coefficient (Wildman–Crippen LogP) is 4.36. The molecule has 1 aliphatic rings. The minimum Gasteiger partial charge on any atom is -0.302 e. The lowest BCUT2D eigenvalue weighted by molar-refractivity contribution is -0.116. The van der Waals surface area contributed by atoms with E-state index in [-0.39, 0.29) is 5.91 Å². The van der Waals surface area contributed by atoms with Gasteiger partial charge in [-0.1, -0.05) is 32.4 Å². The second-order valence-electron chi connectivity index (χ2n) is 7.30. The lowest BCUT2D eigenvalue weighted by atomic mass is 10.0. The van der Waals surface area contributed by atoms with E-state index in [0.717, 1.165) is 36.9 Å². The van der Waals surface area contributed by atoms with Gasteiger partial charge in [-0.15, -0.1) is 11.3 Å². The highest BCUT2D eigenvalue weighted by Crippen LogP contribution is 2.28. The number of anilines is 1. The molecule has 0 unspecified atom stereocenters. The second-order valence-corrected chi connectivity index (χ2v) is 10.1. The number of aromatic nitrogens is 1. The van der Waals surface area contributed by atoms with Crippen molar-refractivity contribution < 1.29 is 13.2 Å². The molecular formula is C20H27N3O3S2. The van der Waals surface area contributed by atoms with E-state index in [1.54, 1.807) is 28.6 Å². The number of sulfonamides is 1. The minimum atomic E-state index is -3.45. The molecule has 0 atom stereocenters. The normalized spacial score (nSPS) is 16.2. The number of unbranched alkanes of at least 4 members (excludes halogenated alkanes) is 1. The molecule has 0 bridgehead atoms. The Labute approximate surface area is 171 Å². The van der Waals surface area contributed by atoms with Gasteiger partial charge in [0.05, 0.1) is 10.6 Å². The van der Waals surface area contributed by atoms with Crippen molar-refractivity contribution in [3.63, 3.8) is 0 Å². The fourth-order valence-corrected chi connectivity index (χ4v) is 5.36. The van der Waals surface area contributed by atoms with Crippen molar-refractivity contribution in [3.05, 3.63) is 29.6 Å². The van der Waals surface area contributed by atoms with Gasteiger partial charge < -0.3 is 5.32 Å². The van der Waals surface area contributed by atoms with Crippen LogP contribution in [0, 0.1) is 5.92 Å². The Kier molecular flexibility index (Phi) is 6.85. The van der Waals surface area contributed by atoms with Gasteiger partial charge in [-0.2, -0.15) is 4.31 Å². The molecule has 28 heavy (non-hydrogen) atoms. The van der Waals surface area contributed by atoms with E-state index >= 15 is 0 Å². The average Bonchev–Trinajstić information content (AvgIpc) is 3.15. The topological polar surface area (TPSA) is 79.4 Å². The summed E-state index contributed by atoms with van der Waals surface area (Å²) in [6.45, 7) is 5.37. The molecule has 2 aromatic rings. The van der Waals surface area contributed by atoms with Gasteiger partial charge in [0.2, 0.25) is 15.9 Å². The van der Waals surface area contributed by atoms with Crippen LogP contribution in [0.15, 0.2) is 34.5 Å². The molecule has 1 aromatic carbocycles. The summed E-state index contributed by atoms with van der Waals surface area (Å²) in [5, 5.41) is 5.25. The highest BCUT2D eigenvalue weighted by atomic mass is 32.2. The van der Waals surface area contributed by atoms with Gasteiger partial charge in [-0.05, 0) is 37.3 Å². The largest absolute Gasteiger partial charge is 0.302 e. The van der Waals surface area contributed by atoms with E-state index in [2.05, 4.69) is 17.2 Å². The van der Waals surface area contributed by atoms with E-state index in [0.29, 0.717) is 35.5 Å². The molecule has 0 saturated carbocycles. The standard InChI is InChI=1S/C20H27N3O3S2/c1-3-4-5-19(24)22-20-21-18(14-27-20)16-6-8-17(9-7-16)28(25,26)23-12-10-15(2)11-13-23/h6-9,14-15H,3-5,10-13H2,1-2H3,(H,21,22,24).